The van der Waals surface area contributed by atoms with E-state index in [0.717, 1.165) is 11.2 Å². The van der Waals surface area contributed by atoms with Gasteiger partial charge in [0.25, 0.3) is 5.91 Å². The highest BCUT2D eigenvalue weighted by atomic mass is 32.2. The Kier molecular flexibility index (Phi) is 5.85. The molecular weight excluding hydrogens is 404 g/mol. The first kappa shape index (κ1) is 20.5. The van der Waals surface area contributed by atoms with Crippen LogP contribution in [-0.2, 0) is 16.6 Å². The Morgan fingerprint density at radius 2 is 1.87 bits per heavy atom. The van der Waals surface area contributed by atoms with Crippen LogP contribution in [0.25, 0.3) is 5.65 Å². The Balaban J connectivity index is 1.38. The molecule has 0 atom stereocenters. The zero-order valence-electron chi connectivity index (χ0n) is 16.4. The maximum atomic E-state index is 12.8. The van der Waals surface area contributed by atoms with Crippen molar-refractivity contribution in [3.63, 3.8) is 0 Å². The Bertz CT molecular complexity index is 1130. The van der Waals surface area contributed by atoms with Crippen LogP contribution in [0.4, 0.5) is 0 Å². The maximum Gasteiger partial charge on any atom is 0.253 e. The average Bonchev–Trinajstić information content (AvgIpc) is 3.25. The van der Waals surface area contributed by atoms with Gasteiger partial charge in [-0.3, -0.25) is 4.79 Å². The number of aliphatic hydroxyl groups is 1. The second kappa shape index (κ2) is 8.55. The van der Waals surface area contributed by atoms with Crippen LogP contribution in [0.3, 0.4) is 0 Å². The lowest BCUT2D eigenvalue weighted by atomic mass is 10.00. The molecule has 30 heavy (non-hydrogen) atoms. The summed E-state index contributed by atoms with van der Waals surface area (Å²) in [5.41, 5.74) is 2.10. The van der Waals surface area contributed by atoms with Gasteiger partial charge in [-0.15, -0.1) is 0 Å². The van der Waals surface area contributed by atoms with Crippen LogP contribution in [-0.4, -0.2) is 52.8 Å². The Hall–Kier alpha value is -2.75. The summed E-state index contributed by atoms with van der Waals surface area (Å²) in [7, 11) is -3.54. The van der Waals surface area contributed by atoms with Crippen LogP contribution in [0.5, 0.6) is 0 Å². The van der Waals surface area contributed by atoms with Crippen LogP contribution in [0.2, 0.25) is 0 Å². The van der Waals surface area contributed by atoms with Crippen LogP contribution in [0.1, 0.15) is 28.8 Å². The van der Waals surface area contributed by atoms with Gasteiger partial charge in [-0.1, -0.05) is 12.1 Å². The molecule has 0 spiro atoms. The van der Waals surface area contributed by atoms with Crippen molar-refractivity contribution in [1.29, 1.82) is 0 Å². The number of hydrogen-bond acceptors (Lipinski definition) is 5. The normalized spacial score (nSPS) is 16.0. The number of nitrogens with zero attached hydrogens (tertiary/aromatic N) is 3. The summed E-state index contributed by atoms with van der Waals surface area (Å²) in [5, 5.41) is 12.1. The standard InChI is InChI=1S/C21H24N4O4S/c26-15-17-7-10-25(11-8-17)30(28,29)19-4-1-16(2-5-19)13-23-21(27)18-3-6-20-22-9-12-24(20)14-18/h1-6,9,12,14,17,26H,7-8,10-11,13,15H2,(H,23,27). The molecule has 4 rings (SSSR count). The molecular formula is C21H24N4O4S. The van der Waals surface area contributed by atoms with Crippen molar-refractivity contribution in [2.24, 2.45) is 5.92 Å². The Labute approximate surface area is 175 Å². The monoisotopic (exact) mass is 428 g/mol. The number of benzene rings is 1. The molecule has 0 bridgehead atoms. The second-order valence-electron chi connectivity index (χ2n) is 7.47. The molecule has 1 aliphatic rings. The van der Waals surface area contributed by atoms with Gasteiger partial charge < -0.3 is 14.8 Å². The van der Waals surface area contributed by atoms with E-state index in [1.54, 1.807) is 59.4 Å². The number of amides is 1. The molecule has 1 saturated heterocycles. The molecule has 1 aromatic carbocycles. The van der Waals surface area contributed by atoms with Crippen molar-refractivity contribution < 1.29 is 18.3 Å². The predicted octanol–water partition coefficient (Wildman–Crippen LogP) is 1.66. The Morgan fingerprint density at radius 1 is 1.13 bits per heavy atom. The first-order valence-corrected chi connectivity index (χ1v) is 11.3. The molecule has 2 N–H and O–H groups in total. The number of carbonyl (C=O) groups excluding carboxylic acids is 1. The first-order valence-electron chi connectivity index (χ1n) is 9.88. The van der Waals surface area contributed by atoms with Crippen molar-refractivity contribution in [3.05, 3.63) is 66.1 Å². The summed E-state index contributed by atoms with van der Waals surface area (Å²) in [6.45, 7) is 1.24. The van der Waals surface area contributed by atoms with Crippen LogP contribution < -0.4 is 5.32 Å². The number of piperidine rings is 1. The Morgan fingerprint density at radius 3 is 2.57 bits per heavy atom. The van der Waals surface area contributed by atoms with E-state index in [4.69, 9.17) is 0 Å². The highest BCUT2D eigenvalue weighted by Crippen LogP contribution is 2.23. The molecule has 2 aromatic heterocycles. The molecule has 1 amide bonds. The molecule has 0 unspecified atom stereocenters. The van der Waals surface area contributed by atoms with E-state index in [9.17, 15) is 18.3 Å². The molecule has 3 aromatic rings. The summed E-state index contributed by atoms with van der Waals surface area (Å²) >= 11 is 0. The minimum Gasteiger partial charge on any atom is -0.396 e. The van der Waals surface area contributed by atoms with Crippen molar-refractivity contribution in [2.45, 2.75) is 24.3 Å². The molecule has 1 fully saturated rings. The topological polar surface area (TPSA) is 104 Å². The van der Waals surface area contributed by atoms with Crippen molar-refractivity contribution in [2.75, 3.05) is 19.7 Å². The largest absolute Gasteiger partial charge is 0.396 e. The highest BCUT2D eigenvalue weighted by Gasteiger charge is 2.29. The molecule has 1 aliphatic heterocycles. The lowest BCUT2D eigenvalue weighted by Gasteiger charge is -2.30. The fourth-order valence-corrected chi connectivity index (χ4v) is 5.07. The number of imidazole rings is 1. The number of fused-ring (bicyclic) bond motifs is 1. The maximum absolute atomic E-state index is 12.8. The fourth-order valence-electron chi connectivity index (χ4n) is 3.60. The zero-order chi connectivity index (χ0) is 21.1. The van der Waals surface area contributed by atoms with Gasteiger partial charge in [0.1, 0.15) is 5.65 Å². The number of carbonyl (C=O) groups is 1. The number of rotatable bonds is 6. The van der Waals surface area contributed by atoms with Crippen LogP contribution >= 0.6 is 0 Å². The average molecular weight is 429 g/mol. The second-order valence-corrected chi connectivity index (χ2v) is 9.41. The SMILES string of the molecule is O=C(NCc1ccc(S(=O)(=O)N2CCC(CO)CC2)cc1)c1ccc2nccn2c1. The number of aromatic nitrogens is 2. The number of hydrogen-bond donors (Lipinski definition) is 2. The van der Waals surface area contributed by atoms with Crippen LogP contribution in [0, 0.1) is 5.92 Å². The minimum absolute atomic E-state index is 0.102. The third-order valence-electron chi connectivity index (χ3n) is 5.50. The van der Waals surface area contributed by atoms with E-state index in [0.29, 0.717) is 38.0 Å². The van der Waals surface area contributed by atoms with E-state index in [-0.39, 0.29) is 23.3 Å². The number of aliphatic hydroxyl groups excluding tert-OH is 1. The lowest BCUT2D eigenvalue weighted by Crippen LogP contribution is -2.39. The fraction of sp³-hybridized carbons (Fsp3) is 0.333. The van der Waals surface area contributed by atoms with Gasteiger partial charge >= 0.3 is 0 Å². The van der Waals surface area contributed by atoms with E-state index < -0.39 is 10.0 Å². The van der Waals surface area contributed by atoms with Gasteiger partial charge in [-0.05, 0) is 48.6 Å². The van der Waals surface area contributed by atoms with Gasteiger partial charge in [-0.25, -0.2) is 13.4 Å². The van der Waals surface area contributed by atoms with E-state index in [2.05, 4.69) is 10.3 Å². The molecule has 8 nitrogen and oxygen atoms in total. The minimum atomic E-state index is -3.54. The van der Waals surface area contributed by atoms with Gasteiger partial charge in [-0.2, -0.15) is 4.31 Å². The summed E-state index contributed by atoms with van der Waals surface area (Å²) < 4.78 is 28.9. The highest BCUT2D eigenvalue weighted by molar-refractivity contribution is 7.89. The van der Waals surface area contributed by atoms with E-state index in [1.807, 2.05) is 0 Å². The van der Waals surface area contributed by atoms with Gasteiger partial charge in [0, 0.05) is 44.8 Å². The quantitative estimate of drug-likeness (QED) is 0.621. The van der Waals surface area contributed by atoms with Gasteiger partial charge in [0.05, 0.1) is 10.5 Å². The van der Waals surface area contributed by atoms with Crippen molar-refractivity contribution in [1.82, 2.24) is 19.0 Å². The summed E-state index contributed by atoms with van der Waals surface area (Å²) in [4.78, 5) is 16.8. The number of nitrogens with one attached hydrogen (secondary N) is 1. The third kappa shape index (κ3) is 4.23. The first-order chi connectivity index (χ1) is 14.5. The van der Waals surface area contributed by atoms with Gasteiger partial charge in [0.15, 0.2) is 0 Å². The smallest absolute Gasteiger partial charge is 0.253 e. The summed E-state index contributed by atoms with van der Waals surface area (Å²) in [6, 6.07) is 10.1. The molecule has 0 radical (unpaired) electrons. The van der Waals surface area contributed by atoms with Crippen molar-refractivity contribution >= 4 is 21.6 Å². The van der Waals surface area contributed by atoms with Gasteiger partial charge in [0.2, 0.25) is 10.0 Å². The van der Waals surface area contributed by atoms with E-state index in [1.165, 1.54) is 4.31 Å². The summed E-state index contributed by atoms with van der Waals surface area (Å²) in [6.07, 6.45) is 6.50. The molecule has 0 saturated carbocycles. The summed E-state index contributed by atoms with van der Waals surface area (Å²) in [5.74, 6) is -0.0361. The van der Waals surface area contributed by atoms with Crippen LogP contribution in [0.15, 0.2) is 59.9 Å². The number of pyridine rings is 1. The molecule has 0 aliphatic carbocycles. The van der Waals surface area contributed by atoms with Crippen molar-refractivity contribution in [3.8, 4) is 0 Å². The molecule has 3 heterocycles. The molecule has 158 valence electrons. The predicted molar refractivity (Wildman–Crippen MR) is 111 cm³/mol. The van der Waals surface area contributed by atoms with E-state index >= 15 is 0 Å². The number of sulfonamides is 1. The zero-order valence-corrected chi connectivity index (χ0v) is 17.3. The lowest BCUT2D eigenvalue weighted by molar-refractivity contribution is 0.0950. The third-order valence-corrected chi connectivity index (χ3v) is 7.41. The molecule has 9 heteroatoms.